The maximum absolute atomic E-state index is 13.0. The van der Waals surface area contributed by atoms with E-state index in [9.17, 15) is 9.90 Å². The van der Waals surface area contributed by atoms with Crippen molar-refractivity contribution in [3.8, 4) is 5.75 Å². The topological polar surface area (TPSA) is 61.8 Å². The molecule has 3 fully saturated rings. The van der Waals surface area contributed by atoms with E-state index >= 15 is 0 Å². The van der Waals surface area contributed by atoms with E-state index < -0.39 is 0 Å². The summed E-state index contributed by atoms with van der Waals surface area (Å²) in [5, 5.41) is 13.6. The average Bonchev–Trinajstić information content (AvgIpc) is 3.30. The van der Waals surface area contributed by atoms with Gasteiger partial charge >= 0.3 is 6.03 Å². The number of rotatable bonds is 2. The number of aliphatic hydroxyl groups excluding tert-OH is 1. The number of nitrogens with one attached hydrogen (secondary N) is 1. The SMILES string of the molecule is COc1ccc2c(c1NC(=O)N1CC3CC4CC3C1C4O)CCC2. The number of hydrogen-bond donors (Lipinski definition) is 2. The second-order valence-electron chi connectivity index (χ2n) is 7.85. The van der Waals surface area contributed by atoms with Crippen LogP contribution in [0.4, 0.5) is 10.5 Å². The predicted octanol–water partition coefficient (Wildman–Crippen LogP) is 2.42. The van der Waals surface area contributed by atoms with E-state index in [1.54, 1.807) is 7.11 Å². The summed E-state index contributed by atoms with van der Waals surface area (Å²) in [4.78, 5) is 14.9. The van der Waals surface area contributed by atoms with E-state index in [-0.39, 0.29) is 18.2 Å². The molecule has 5 rings (SSSR count). The van der Waals surface area contributed by atoms with Crippen molar-refractivity contribution in [2.24, 2.45) is 17.8 Å². The Hall–Kier alpha value is -1.75. The first-order valence-electron chi connectivity index (χ1n) is 9.12. The lowest BCUT2D eigenvalue weighted by atomic mass is 9.88. The molecule has 5 heteroatoms. The standard InChI is InChI=1S/C19H24N2O3/c1-24-15-6-5-10-3-2-4-13(10)16(15)20-19(23)21-9-12-7-11-8-14(12)17(21)18(11)22/h5-6,11-12,14,17-18,22H,2-4,7-9H2,1H3,(H,20,23). The minimum atomic E-state index is -0.345. The van der Waals surface area contributed by atoms with Gasteiger partial charge in [0.2, 0.25) is 0 Å². The number of methoxy groups -OCH3 is 1. The second kappa shape index (κ2) is 5.12. The summed E-state index contributed by atoms with van der Waals surface area (Å²) in [6.07, 6.45) is 5.01. The number of carbonyl (C=O) groups is 1. The Morgan fingerprint density at radius 3 is 2.96 bits per heavy atom. The molecular formula is C19H24N2O3. The first-order valence-corrected chi connectivity index (χ1v) is 9.12. The zero-order valence-corrected chi connectivity index (χ0v) is 14.0. The fourth-order valence-corrected chi connectivity index (χ4v) is 5.78. The maximum atomic E-state index is 13.0. The molecule has 1 aliphatic heterocycles. The molecule has 4 aliphatic rings. The van der Waals surface area contributed by atoms with Crippen LogP contribution in [0.1, 0.15) is 30.4 Å². The number of nitrogens with zero attached hydrogens (tertiary/aromatic N) is 1. The zero-order valence-electron chi connectivity index (χ0n) is 14.0. The van der Waals surface area contributed by atoms with Crippen molar-refractivity contribution in [3.05, 3.63) is 23.3 Å². The predicted molar refractivity (Wildman–Crippen MR) is 90.2 cm³/mol. The molecule has 2 bridgehead atoms. The zero-order chi connectivity index (χ0) is 16.4. The Morgan fingerprint density at radius 1 is 1.29 bits per heavy atom. The fraction of sp³-hybridized carbons (Fsp3) is 0.632. The molecule has 2 saturated carbocycles. The summed E-state index contributed by atoms with van der Waals surface area (Å²) >= 11 is 0. The molecule has 5 nitrogen and oxygen atoms in total. The van der Waals surface area contributed by atoms with E-state index in [1.165, 1.54) is 11.1 Å². The molecule has 128 valence electrons. The third-order valence-electron chi connectivity index (χ3n) is 6.81. The van der Waals surface area contributed by atoms with E-state index in [1.807, 2.05) is 11.0 Å². The normalized spacial score (nSPS) is 35.4. The van der Waals surface area contributed by atoms with Gasteiger partial charge in [0.15, 0.2) is 0 Å². The number of carbonyl (C=O) groups excluding carboxylic acids is 1. The molecule has 1 heterocycles. The third-order valence-corrected chi connectivity index (χ3v) is 6.81. The van der Waals surface area contributed by atoms with Crippen LogP contribution in [0.25, 0.3) is 0 Å². The molecule has 2 N–H and O–H groups in total. The van der Waals surface area contributed by atoms with Gasteiger partial charge in [-0.25, -0.2) is 4.79 Å². The average molecular weight is 328 g/mol. The van der Waals surface area contributed by atoms with Crippen LogP contribution in [0.5, 0.6) is 5.75 Å². The number of anilines is 1. The number of fused-ring (bicyclic) bond motifs is 2. The highest BCUT2D eigenvalue weighted by Crippen LogP contribution is 2.55. The highest BCUT2D eigenvalue weighted by molar-refractivity contribution is 5.93. The quantitative estimate of drug-likeness (QED) is 0.876. The van der Waals surface area contributed by atoms with Crippen LogP contribution < -0.4 is 10.1 Å². The van der Waals surface area contributed by atoms with Crippen LogP contribution in [-0.2, 0) is 12.8 Å². The van der Waals surface area contributed by atoms with Gasteiger partial charge in [0.25, 0.3) is 0 Å². The molecule has 5 unspecified atom stereocenters. The van der Waals surface area contributed by atoms with E-state index in [4.69, 9.17) is 4.74 Å². The molecule has 3 aliphatic carbocycles. The summed E-state index contributed by atoms with van der Waals surface area (Å²) in [6.45, 7) is 0.784. The van der Waals surface area contributed by atoms with Crippen molar-refractivity contribution >= 4 is 11.7 Å². The molecule has 1 saturated heterocycles. The van der Waals surface area contributed by atoms with Crippen molar-refractivity contribution in [2.75, 3.05) is 19.0 Å². The number of ether oxygens (including phenoxy) is 1. The molecular weight excluding hydrogens is 304 g/mol. The lowest BCUT2D eigenvalue weighted by Gasteiger charge is -2.29. The smallest absolute Gasteiger partial charge is 0.322 e. The molecule has 1 aromatic carbocycles. The van der Waals surface area contributed by atoms with Gasteiger partial charge < -0.3 is 20.1 Å². The monoisotopic (exact) mass is 328 g/mol. The van der Waals surface area contributed by atoms with E-state index in [2.05, 4.69) is 11.4 Å². The number of aryl methyl sites for hydroxylation is 1. The summed E-state index contributed by atoms with van der Waals surface area (Å²) < 4.78 is 5.49. The Labute approximate surface area is 142 Å². The van der Waals surface area contributed by atoms with Crippen molar-refractivity contribution in [2.45, 2.75) is 44.2 Å². The van der Waals surface area contributed by atoms with E-state index in [0.717, 1.165) is 50.1 Å². The molecule has 0 spiro atoms. The largest absolute Gasteiger partial charge is 0.495 e. The van der Waals surface area contributed by atoms with Gasteiger partial charge in [0.1, 0.15) is 5.75 Å². The Bertz CT molecular complexity index is 702. The van der Waals surface area contributed by atoms with Crippen LogP contribution in [0.2, 0.25) is 0 Å². The van der Waals surface area contributed by atoms with Gasteiger partial charge in [0, 0.05) is 6.54 Å². The number of urea groups is 1. The highest BCUT2D eigenvalue weighted by Gasteiger charge is 2.60. The first-order chi connectivity index (χ1) is 11.7. The second-order valence-corrected chi connectivity index (χ2v) is 7.85. The lowest BCUT2D eigenvalue weighted by molar-refractivity contribution is 0.0631. The van der Waals surface area contributed by atoms with Gasteiger partial charge in [-0.2, -0.15) is 0 Å². The summed E-state index contributed by atoms with van der Waals surface area (Å²) in [6, 6.07) is 4.00. The van der Waals surface area contributed by atoms with Gasteiger partial charge in [-0.3, -0.25) is 0 Å². The third kappa shape index (κ3) is 1.88. The van der Waals surface area contributed by atoms with Gasteiger partial charge in [0.05, 0.1) is 24.9 Å². The van der Waals surface area contributed by atoms with Crippen LogP contribution in [0.15, 0.2) is 12.1 Å². The van der Waals surface area contributed by atoms with Crippen LogP contribution in [0.3, 0.4) is 0 Å². The van der Waals surface area contributed by atoms with E-state index in [0.29, 0.717) is 17.8 Å². The number of aliphatic hydroxyl groups is 1. The molecule has 0 radical (unpaired) electrons. The number of benzene rings is 1. The summed E-state index contributed by atoms with van der Waals surface area (Å²) in [5.41, 5.74) is 3.36. The lowest BCUT2D eigenvalue weighted by Crippen LogP contribution is -2.45. The summed E-state index contributed by atoms with van der Waals surface area (Å²) in [5.74, 6) is 2.21. The van der Waals surface area contributed by atoms with Crippen molar-refractivity contribution in [1.82, 2.24) is 4.90 Å². The van der Waals surface area contributed by atoms with Crippen LogP contribution in [0, 0.1) is 17.8 Å². The molecule has 24 heavy (non-hydrogen) atoms. The Morgan fingerprint density at radius 2 is 2.17 bits per heavy atom. The fourth-order valence-electron chi connectivity index (χ4n) is 5.78. The number of likely N-dealkylation sites (tertiary alicyclic amines) is 1. The maximum Gasteiger partial charge on any atom is 0.322 e. The highest BCUT2D eigenvalue weighted by atomic mass is 16.5. The minimum absolute atomic E-state index is 0.0107. The van der Waals surface area contributed by atoms with Crippen LogP contribution in [-0.4, -0.2) is 41.8 Å². The molecule has 1 aromatic rings. The Kier molecular flexibility index (Phi) is 3.11. The van der Waals surface area contributed by atoms with Gasteiger partial charge in [-0.1, -0.05) is 6.07 Å². The number of hydrogen-bond acceptors (Lipinski definition) is 3. The molecule has 2 amide bonds. The van der Waals surface area contributed by atoms with Gasteiger partial charge in [-0.05, 0) is 67.1 Å². The van der Waals surface area contributed by atoms with Gasteiger partial charge in [-0.15, -0.1) is 0 Å². The van der Waals surface area contributed by atoms with Crippen LogP contribution >= 0.6 is 0 Å². The summed E-state index contributed by atoms with van der Waals surface area (Å²) in [7, 11) is 1.65. The first kappa shape index (κ1) is 14.6. The molecule has 5 atom stereocenters. The van der Waals surface area contributed by atoms with Crippen molar-refractivity contribution in [1.29, 1.82) is 0 Å². The minimum Gasteiger partial charge on any atom is -0.495 e. The van der Waals surface area contributed by atoms with Crippen molar-refractivity contribution in [3.63, 3.8) is 0 Å². The Balaban J connectivity index is 1.43. The number of amides is 2. The van der Waals surface area contributed by atoms with Crippen molar-refractivity contribution < 1.29 is 14.6 Å². The molecule has 0 aromatic heterocycles.